The fourth-order valence-corrected chi connectivity index (χ4v) is 1.94. The van der Waals surface area contributed by atoms with Gasteiger partial charge in [-0.3, -0.25) is 4.79 Å². The summed E-state index contributed by atoms with van der Waals surface area (Å²) in [6, 6.07) is 14.7. The topological polar surface area (TPSA) is 64.3 Å². The van der Waals surface area contributed by atoms with Crippen LogP contribution in [0.4, 0.5) is 5.69 Å². The summed E-state index contributed by atoms with van der Waals surface area (Å²) in [5, 5.41) is 2.89. The molecule has 2 aromatic rings. The first-order valence-electron chi connectivity index (χ1n) is 7.42. The summed E-state index contributed by atoms with van der Waals surface area (Å²) >= 11 is 0. The van der Waals surface area contributed by atoms with Gasteiger partial charge in [0.05, 0.1) is 12.3 Å². The highest BCUT2D eigenvalue weighted by Crippen LogP contribution is 2.25. The second kappa shape index (κ2) is 7.61. The van der Waals surface area contributed by atoms with Crippen molar-refractivity contribution < 1.29 is 9.53 Å². The quantitative estimate of drug-likeness (QED) is 0.858. The SMILES string of the molecule is CC(C)COc1ccccc1NC(=O)c1ccc(CN)cc1. The zero-order valence-corrected chi connectivity index (χ0v) is 13.0. The molecular formula is C18H22N2O2. The van der Waals surface area contributed by atoms with Gasteiger partial charge in [0.2, 0.25) is 0 Å². The number of amides is 1. The molecule has 0 aliphatic carbocycles. The minimum atomic E-state index is -0.163. The number of hydrogen-bond acceptors (Lipinski definition) is 3. The Hall–Kier alpha value is -2.33. The average Bonchev–Trinajstić information content (AvgIpc) is 2.54. The Labute approximate surface area is 131 Å². The smallest absolute Gasteiger partial charge is 0.255 e. The molecule has 0 heterocycles. The molecule has 0 atom stereocenters. The van der Waals surface area contributed by atoms with Crippen molar-refractivity contribution in [1.82, 2.24) is 0 Å². The standard InChI is InChI=1S/C18H22N2O2/c1-13(2)12-22-17-6-4-3-5-16(17)20-18(21)15-9-7-14(11-19)8-10-15/h3-10,13H,11-12,19H2,1-2H3,(H,20,21). The molecule has 0 unspecified atom stereocenters. The van der Waals surface area contributed by atoms with Crippen molar-refractivity contribution in [3.05, 3.63) is 59.7 Å². The Balaban J connectivity index is 2.10. The van der Waals surface area contributed by atoms with E-state index in [1.54, 1.807) is 12.1 Å². The van der Waals surface area contributed by atoms with Crippen molar-refractivity contribution in [3.8, 4) is 5.75 Å². The Kier molecular flexibility index (Phi) is 5.55. The lowest BCUT2D eigenvalue weighted by Crippen LogP contribution is -2.14. The Morgan fingerprint density at radius 3 is 2.45 bits per heavy atom. The predicted molar refractivity (Wildman–Crippen MR) is 89.1 cm³/mol. The first-order chi connectivity index (χ1) is 10.6. The molecule has 0 bridgehead atoms. The van der Waals surface area contributed by atoms with E-state index in [2.05, 4.69) is 19.2 Å². The van der Waals surface area contributed by atoms with Crippen LogP contribution in [0.3, 0.4) is 0 Å². The number of nitrogens with one attached hydrogen (secondary N) is 1. The number of rotatable bonds is 6. The van der Waals surface area contributed by atoms with Gasteiger partial charge in [-0.25, -0.2) is 0 Å². The largest absolute Gasteiger partial charge is 0.491 e. The van der Waals surface area contributed by atoms with E-state index in [0.29, 0.717) is 36.1 Å². The molecule has 2 aromatic carbocycles. The summed E-state index contributed by atoms with van der Waals surface area (Å²) in [6.07, 6.45) is 0. The normalized spacial score (nSPS) is 10.5. The lowest BCUT2D eigenvalue weighted by molar-refractivity contribution is 0.102. The number of hydrogen-bond donors (Lipinski definition) is 2. The Morgan fingerprint density at radius 1 is 1.14 bits per heavy atom. The molecule has 4 nitrogen and oxygen atoms in total. The van der Waals surface area contributed by atoms with Crippen LogP contribution in [0, 0.1) is 5.92 Å². The number of ether oxygens (including phenoxy) is 1. The monoisotopic (exact) mass is 298 g/mol. The molecule has 0 fully saturated rings. The maximum absolute atomic E-state index is 12.3. The minimum Gasteiger partial charge on any atom is -0.491 e. The number of carbonyl (C=O) groups excluding carboxylic acids is 1. The van der Waals surface area contributed by atoms with E-state index in [1.165, 1.54) is 0 Å². The lowest BCUT2D eigenvalue weighted by atomic mass is 10.1. The molecule has 3 N–H and O–H groups in total. The van der Waals surface area contributed by atoms with E-state index in [0.717, 1.165) is 5.56 Å². The molecule has 0 aliphatic rings. The molecule has 0 aliphatic heterocycles. The van der Waals surface area contributed by atoms with Crippen molar-refractivity contribution in [1.29, 1.82) is 0 Å². The van der Waals surface area contributed by atoms with Gasteiger partial charge in [-0.05, 0) is 35.7 Å². The second-order valence-electron chi connectivity index (χ2n) is 5.56. The van der Waals surface area contributed by atoms with Gasteiger partial charge in [-0.2, -0.15) is 0 Å². The van der Waals surface area contributed by atoms with Crippen LogP contribution in [0.1, 0.15) is 29.8 Å². The van der Waals surface area contributed by atoms with E-state index in [-0.39, 0.29) is 5.91 Å². The van der Waals surface area contributed by atoms with E-state index in [9.17, 15) is 4.79 Å². The average molecular weight is 298 g/mol. The fraction of sp³-hybridized carbons (Fsp3) is 0.278. The molecule has 4 heteroatoms. The third-order valence-electron chi connectivity index (χ3n) is 3.16. The molecule has 0 radical (unpaired) electrons. The van der Waals surface area contributed by atoms with Gasteiger partial charge in [-0.1, -0.05) is 38.1 Å². The van der Waals surface area contributed by atoms with Gasteiger partial charge in [0.1, 0.15) is 5.75 Å². The number of para-hydroxylation sites is 2. The Bertz CT molecular complexity index is 621. The van der Waals surface area contributed by atoms with Crippen LogP contribution in [0.2, 0.25) is 0 Å². The molecule has 0 spiro atoms. The van der Waals surface area contributed by atoms with Crippen molar-refractivity contribution >= 4 is 11.6 Å². The van der Waals surface area contributed by atoms with Crippen molar-refractivity contribution in [3.63, 3.8) is 0 Å². The first kappa shape index (κ1) is 16.0. The molecule has 2 rings (SSSR count). The molecule has 0 saturated carbocycles. The molecule has 0 aromatic heterocycles. The maximum Gasteiger partial charge on any atom is 0.255 e. The van der Waals surface area contributed by atoms with Crippen molar-refractivity contribution in [2.75, 3.05) is 11.9 Å². The lowest BCUT2D eigenvalue weighted by Gasteiger charge is -2.14. The molecular weight excluding hydrogens is 276 g/mol. The van der Waals surface area contributed by atoms with E-state index in [1.807, 2.05) is 36.4 Å². The highest BCUT2D eigenvalue weighted by Gasteiger charge is 2.10. The van der Waals surface area contributed by atoms with Gasteiger partial charge >= 0.3 is 0 Å². The van der Waals surface area contributed by atoms with E-state index in [4.69, 9.17) is 10.5 Å². The minimum absolute atomic E-state index is 0.163. The van der Waals surface area contributed by atoms with E-state index < -0.39 is 0 Å². The summed E-state index contributed by atoms with van der Waals surface area (Å²) in [7, 11) is 0. The third kappa shape index (κ3) is 4.33. The summed E-state index contributed by atoms with van der Waals surface area (Å²) in [5.74, 6) is 0.944. The number of carbonyl (C=O) groups is 1. The van der Waals surface area contributed by atoms with Crippen LogP contribution >= 0.6 is 0 Å². The fourth-order valence-electron chi connectivity index (χ4n) is 1.94. The number of benzene rings is 2. The van der Waals surface area contributed by atoms with Crippen molar-refractivity contribution in [2.24, 2.45) is 11.7 Å². The van der Waals surface area contributed by atoms with Crippen LogP contribution in [-0.2, 0) is 6.54 Å². The zero-order chi connectivity index (χ0) is 15.9. The van der Waals surface area contributed by atoms with Crippen LogP contribution in [-0.4, -0.2) is 12.5 Å². The van der Waals surface area contributed by atoms with Gasteiger partial charge in [0, 0.05) is 12.1 Å². The summed E-state index contributed by atoms with van der Waals surface area (Å²) in [6.45, 7) is 5.24. The maximum atomic E-state index is 12.3. The highest BCUT2D eigenvalue weighted by molar-refractivity contribution is 6.05. The van der Waals surface area contributed by atoms with Gasteiger partial charge in [0.15, 0.2) is 0 Å². The number of anilines is 1. The van der Waals surface area contributed by atoms with Crippen molar-refractivity contribution in [2.45, 2.75) is 20.4 Å². The number of nitrogens with two attached hydrogens (primary N) is 1. The summed E-state index contributed by atoms with van der Waals surface area (Å²) in [4.78, 5) is 12.3. The second-order valence-corrected chi connectivity index (χ2v) is 5.56. The summed E-state index contributed by atoms with van der Waals surface area (Å²) < 4.78 is 5.74. The van der Waals surface area contributed by atoms with Gasteiger partial charge < -0.3 is 15.8 Å². The predicted octanol–water partition coefficient (Wildman–Crippen LogP) is 3.43. The van der Waals surface area contributed by atoms with Crippen LogP contribution in [0.25, 0.3) is 0 Å². The zero-order valence-electron chi connectivity index (χ0n) is 13.0. The molecule has 1 amide bonds. The summed E-state index contributed by atoms with van der Waals surface area (Å²) in [5.41, 5.74) is 7.83. The molecule has 22 heavy (non-hydrogen) atoms. The Morgan fingerprint density at radius 2 is 1.82 bits per heavy atom. The van der Waals surface area contributed by atoms with Crippen LogP contribution in [0.15, 0.2) is 48.5 Å². The molecule has 0 saturated heterocycles. The third-order valence-corrected chi connectivity index (χ3v) is 3.16. The highest BCUT2D eigenvalue weighted by atomic mass is 16.5. The van der Waals surface area contributed by atoms with Crippen LogP contribution < -0.4 is 15.8 Å². The van der Waals surface area contributed by atoms with E-state index >= 15 is 0 Å². The first-order valence-corrected chi connectivity index (χ1v) is 7.42. The molecule has 116 valence electrons. The van der Waals surface area contributed by atoms with Gasteiger partial charge in [0.25, 0.3) is 5.91 Å². The van der Waals surface area contributed by atoms with Crippen LogP contribution in [0.5, 0.6) is 5.75 Å². The van der Waals surface area contributed by atoms with Gasteiger partial charge in [-0.15, -0.1) is 0 Å².